The fraction of sp³-hybridized carbons (Fsp3) is 0.250. The van der Waals surface area contributed by atoms with Crippen molar-refractivity contribution in [2.75, 3.05) is 20.0 Å². The Hall–Kier alpha value is -2.99. The van der Waals surface area contributed by atoms with Gasteiger partial charge in [-0.2, -0.15) is 0 Å². The molecule has 0 atom stereocenters. The van der Waals surface area contributed by atoms with E-state index in [4.69, 9.17) is 13.9 Å². The van der Waals surface area contributed by atoms with Crippen molar-refractivity contribution < 1.29 is 18.7 Å². The molecule has 0 unspecified atom stereocenters. The summed E-state index contributed by atoms with van der Waals surface area (Å²) >= 11 is 1.31. The molecule has 1 aromatic heterocycles. The molecular formula is C24H23NO4S. The first-order valence-corrected chi connectivity index (χ1v) is 10.8. The molecule has 3 aromatic rings. The molecule has 0 amide bonds. The first kappa shape index (κ1) is 20.3. The third-order valence-electron chi connectivity index (χ3n) is 4.84. The van der Waals surface area contributed by atoms with Gasteiger partial charge in [-0.05, 0) is 73.4 Å². The quantitative estimate of drug-likeness (QED) is 0.328. The summed E-state index contributed by atoms with van der Waals surface area (Å²) in [6, 6.07) is 15.3. The van der Waals surface area contributed by atoms with Gasteiger partial charge in [-0.1, -0.05) is 17.8 Å². The standard InChI is InChI=1S/C24H23NO4S/c1-27-20-11-6-17(7-12-20)22-23(18-8-13-21(28-2)14-9-18)29-24(25-22)30-15-19(26)10-5-16-3-4-16/h5-14,16H,3-4,15H2,1-2H3/b10-5+. The first-order chi connectivity index (χ1) is 14.7. The molecule has 154 valence electrons. The van der Waals surface area contributed by atoms with Gasteiger partial charge in [-0.3, -0.25) is 4.79 Å². The van der Waals surface area contributed by atoms with Crippen molar-refractivity contribution >= 4 is 17.5 Å². The predicted molar refractivity (Wildman–Crippen MR) is 118 cm³/mol. The van der Waals surface area contributed by atoms with E-state index >= 15 is 0 Å². The molecule has 0 N–H and O–H groups in total. The van der Waals surface area contributed by atoms with Gasteiger partial charge in [-0.15, -0.1) is 0 Å². The number of aromatic nitrogens is 1. The SMILES string of the molecule is COc1ccc(-c2nc(SCC(=O)/C=C/C3CC3)oc2-c2ccc(OC)cc2)cc1. The number of allylic oxidation sites excluding steroid dienone is 2. The Morgan fingerprint density at radius 2 is 1.63 bits per heavy atom. The summed E-state index contributed by atoms with van der Waals surface area (Å²) in [6.45, 7) is 0. The molecule has 0 spiro atoms. The van der Waals surface area contributed by atoms with Gasteiger partial charge < -0.3 is 13.9 Å². The molecule has 1 heterocycles. The zero-order valence-electron chi connectivity index (χ0n) is 17.0. The minimum absolute atomic E-state index is 0.0714. The average molecular weight is 422 g/mol. The molecule has 0 saturated heterocycles. The van der Waals surface area contributed by atoms with Crippen LogP contribution in [0.25, 0.3) is 22.6 Å². The summed E-state index contributed by atoms with van der Waals surface area (Å²) in [5.74, 6) is 3.16. The number of ether oxygens (including phenoxy) is 2. The molecular weight excluding hydrogens is 398 g/mol. The number of rotatable bonds is 9. The molecule has 1 fully saturated rings. The van der Waals surface area contributed by atoms with Gasteiger partial charge in [0.2, 0.25) is 0 Å². The number of oxazole rings is 1. The maximum absolute atomic E-state index is 12.1. The minimum Gasteiger partial charge on any atom is -0.497 e. The summed E-state index contributed by atoms with van der Waals surface area (Å²) < 4.78 is 16.6. The molecule has 6 heteroatoms. The Balaban J connectivity index is 1.60. The highest BCUT2D eigenvalue weighted by Crippen LogP contribution is 2.37. The van der Waals surface area contributed by atoms with Crippen LogP contribution in [0.3, 0.4) is 0 Å². The second-order valence-electron chi connectivity index (χ2n) is 7.07. The van der Waals surface area contributed by atoms with Crippen LogP contribution >= 0.6 is 11.8 Å². The number of hydrogen-bond donors (Lipinski definition) is 0. The van der Waals surface area contributed by atoms with E-state index in [1.165, 1.54) is 24.6 Å². The van der Waals surface area contributed by atoms with Gasteiger partial charge in [0.05, 0.1) is 20.0 Å². The maximum atomic E-state index is 12.1. The lowest BCUT2D eigenvalue weighted by atomic mass is 10.1. The van der Waals surface area contributed by atoms with E-state index < -0.39 is 0 Å². The van der Waals surface area contributed by atoms with Crippen molar-refractivity contribution in [3.8, 4) is 34.1 Å². The second-order valence-corrected chi connectivity index (χ2v) is 7.99. The van der Waals surface area contributed by atoms with E-state index in [-0.39, 0.29) is 5.78 Å². The van der Waals surface area contributed by atoms with Crippen molar-refractivity contribution in [1.29, 1.82) is 0 Å². The van der Waals surface area contributed by atoms with Crippen LogP contribution in [-0.2, 0) is 4.79 Å². The topological polar surface area (TPSA) is 61.6 Å². The highest BCUT2D eigenvalue weighted by molar-refractivity contribution is 7.99. The summed E-state index contributed by atoms with van der Waals surface area (Å²) in [5, 5.41) is 0.472. The van der Waals surface area contributed by atoms with Gasteiger partial charge in [-0.25, -0.2) is 4.98 Å². The van der Waals surface area contributed by atoms with Crippen LogP contribution in [0.15, 0.2) is 70.3 Å². The lowest BCUT2D eigenvalue weighted by molar-refractivity contribution is -0.112. The van der Waals surface area contributed by atoms with Crippen LogP contribution in [0.1, 0.15) is 12.8 Å². The van der Waals surface area contributed by atoms with Gasteiger partial charge in [0.25, 0.3) is 5.22 Å². The average Bonchev–Trinajstić information content (AvgIpc) is 3.53. The van der Waals surface area contributed by atoms with Crippen molar-refractivity contribution in [1.82, 2.24) is 4.98 Å². The van der Waals surface area contributed by atoms with E-state index in [1.807, 2.05) is 54.6 Å². The molecule has 1 saturated carbocycles. The first-order valence-electron chi connectivity index (χ1n) is 9.80. The number of hydrogen-bond acceptors (Lipinski definition) is 6. The van der Waals surface area contributed by atoms with Crippen LogP contribution in [0.4, 0.5) is 0 Å². The van der Waals surface area contributed by atoms with E-state index in [1.54, 1.807) is 20.3 Å². The van der Waals surface area contributed by atoms with Crippen molar-refractivity contribution in [2.24, 2.45) is 5.92 Å². The van der Waals surface area contributed by atoms with Crippen LogP contribution in [-0.4, -0.2) is 30.7 Å². The highest BCUT2D eigenvalue weighted by Gasteiger charge is 2.19. The fourth-order valence-electron chi connectivity index (χ4n) is 2.96. The largest absolute Gasteiger partial charge is 0.497 e. The number of methoxy groups -OCH3 is 2. The molecule has 0 aliphatic heterocycles. The smallest absolute Gasteiger partial charge is 0.257 e. The van der Waals surface area contributed by atoms with E-state index in [0.29, 0.717) is 22.7 Å². The normalized spacial score (nSPS) is 13.5. The second kappa shape index (κ2) is 9.22. The van der Waals surface area contributed by atoms with Gasteiger partial charge in [0.1, 0.15) is 17.2 Å². The number of nitrogens with zero attached hydrogens (tertiary/aromatic N) is 1. The predicted octanol–water partition coefficient (Wildman–Crippen LogP) is 5.65. The Labute approximate surface area is 180 Å². The number of thioether (sulfide) groups is 1. The molecule has 5 nitrogen and oxygen atoms in total. The monoisotopic (exact) mass is 421 g/mol. The Bertz CT molecular complexity index is 969. The molecule has 1 aliphatic carbocycles. The van der Waals surface area contributed by atoms with Crippen molar-refractivity contribution in [3.05, 3.63) is 60.7 Å². The van der Waals surface area contributed by atoms with Crippen molar-refractivity contribution in [3.63, 3.8) is 0 Å². The number of ketones is 1. The Morgan fingerprint density at radius 1 is 1.03 bits per heavy atom. The summed E-state index contributed by atoms with van der Waals surface area (Å²) in [6.07, 6.45) is 6.06. The zero-order chi connectivity index (χ0) is 20.9. The maximum Gasteiger partial charge on any atom is 0.257 e. The van der Waals surface area contributed by atoms with Crippen LogP contribution in [0.5, 0.6) is 11.5 Å². The van der Waals surface area contributed by atoms with Gasteiger partial charge >= 0.3 is 0 Å². The summed E-state index contributed by atoms with van der Waals surface area (Å²) in [7, 11) is 3.27. The van der Waals surface area contributed by atoms with Crippen LogP contribution < -0.4 is 9.47 Å². The van der Waals surface area contributed by atoms with E-state index in [9.17, 15) is 4.79 Å². The van der Waals surface area contributed by atoms with Crippen LogP contribution in [0, 0.1) is 5.92 Å². The molecule has 1 aliphatic rings. The molecule has 0 radical (unpaired) electrons. The summed E-state index contributed by atoms with van der Waals surface area (Å²) in [5.41, 5.74) is 2.53. The zero-order valence-corrected chi connectivity index (χ0v) is 17.8. The third-order valence-corrected chi connectivity index (χ3v) is 5.69. The number of benzene rings is 2. The Morgan fingerprint density at radius 3 is 2.20 bits per heavy atom. The lowest BCUT2D eigenvalue weighted by Crippen LogP contribution is -1.96. The highest BCUT2D eigenvalue weighted by atomic mass is 32.2. The number of carbonyl (C=O) groups is 1. The molecule has 30 heavy (non-hydrogen) atoms. The minimum atomic E-state index is 0.0714. The van der Waals surface area contributed by atoms with E-state index in [0.717, 1.165) is 28.3 Å². The number of carbonyl (C=O) groups excluding carboxylic acids is 1. The molecule has 4 rings (SSSR count). The summed E-state index contributed by atoms with van der Waals surface area (Å²) in [4.78, 5) is 16.8. The lowest BCUT2D eigenvalue weighted by Gasteiger charge is -2.04. The van der Waals surface area contributed by atoms with Gasteiger partial charge in [0.15, 0.2) is 11.5 Å². The fourth-order valence-corrected chi connectivity index (χ4v) is 3.62. The third kappa shape index (κ3) is 4.94. The molecule has 0 bridgehead atoms. The molecule has 2 aromatic carbocycles. The van der Waals surface area contributed by atoms with E-state index in [2.05, 4.69) is 4.98 Å². The van der Waals surface area contributed by atoms with Gasteiger partial charge in [0, 0.05) is 11.1 Å². The van der Waals surface area contributed by atoms with Crippen LogP contribution in [0.2, 0.25) is 0 Å². The Kier molecular flexibility index (Phi) is 6.23. The van der Waals surface area contributed by atoms with Crippen molar-refractivity contribution in [2.45, 2.75) is 18.1 Å².